The van der Waals surface area contributed by atoms with E-state index in [1.54, 1.807) is 0 Å². The maximum atomic E-state index is 3.69. The topological polar surface area (TPSA) is 12.0 Å². The maximum Gasteiger partial charge on any atom is 0.0208 e. The normalized spacial score (nSPS) is 26.5. The molecule has 2 rings (SSSR count). The Bertz CT molecular complexity index is 281. The summed E-state index contributed by atoms with van der Waals surface area (Å²) in [6.07, 6.45) is 5.57. The molecule has 15 heavy (non-hydrogen) atoms. The molecule has 0 unspecified atom stereocenters. The van der Waals surface area contributed by atoms with Crippen molar-refractivity contribution in [1.82, 2.24) is 5.32 Å². The van der Waals surface area contributed by atoms with Gasteiger partial charge in [-0.1, -0.05) is 50.1 Å². The summed E-state index contributed by atoms with van der Waals surface area (Å²) >= 11 is 0. The van der Waals surface area contributed by atoms with Crippen molar-refractivity contribution in [2.75, 3.05) is 0 Å². The maximum absolute atomic E-state index is 3.69. The molecule has 0 bridgehead atoms. The fourth-order valence-corrected chi connectivity index (χ4v) is 2.46. The van der Waals surface area contributed by atoms with Gasteiger partial charge in [-0.15, -0.1) is 0 Å². The first kappa shape index (κ1) is 10.7. The molecule has 0 amide bonds. The lowest BCUT2D eigenvalue weighted by Crippen LogP contribution is -2.36. The second-order valence-electron chi connectivity index (χ2n) is 4.73. The zero-order chi connectivity index (χ0) is 10.5. The van der Waals surface area contributed by atoms with Gasteiger partial charge in [-0.3, -0.25) is 0 Å². The average molecular weight is 203 g/mol. The standard InChI is InChI=1S/C14H21N/c1-12-7-5-6-10-14(12)15-11-13-8-3-2-4-9-13/h2-4,8-9,12,14-15H,5-7,10-11H2,1H3/t12-,14+/m1/s1. The molecule has 1 N–H and O–H groups in total. The van der Waals surface area contributed by atoms with Crippen LogP contribution in [0, 0.1) is 5.92 Å². The fraction of sp³-hybridized carbons (Fsp3) is 0.571. The SMILES string of the molecule is C[C@@H]1CCCC[C@@H]1NCc1ccccc1. The lowest BCUT2D eigenvalue weighted by molar-refractivity contribution is 0.279. The Morgan fingerprint density at radius 2 is 1.87 bits per heavy atom. The van der Waals surface area contributed by atoms with Crippen LogP contribution in [-0.2, 0) is 6.54 Å². The molecule has 0 spiro atoms. The van der Waals surface area contributed by atoms with Gasteiger partial charge >= 0.3 is 0 Å². The van der Waals surface area contributed by atoms with Gasteiger partial charge in [0.05, 0.1) is 0 Å². The molecule has 1 saturated carbocycles. The highest BCUT2D eigenvalue weighted by Gasteiger charge is 2.20. The predicted octanol–water partition coefficient (Wildman–Crippen LogP) is 3.35. The van der Waals surface area contributed by atoms with E-state index in [-0.39, 0.29) is 0 Å². The third-order valence-corrected chi connectivity index (χ3v) is 3.52. The van der Waals surface area contributed by atoms with E-state index in [9.17, 15) is 0 Å². The van der Waals surface area contributed by atoms with E-state index < -0.39 is 0 Å². The molecular formula is C14H21N. The molecule has 82 valence electrons. The van der Waals surface area contributed by atoms with Gasteiger partial charge in [0, 0.05) is 12.6 Å². The molecule has 0 radical (unpaired) electrons. The van der Waals surface area contributed by atoms with Crippen molar-refractivity contribution in [1.29, 1.82) is 0 Å². The van der Waals surface area contributed by atoms with Crippen molar-refractivity contribution in [3.63, 3.8) is 0 Å². The zero-order valence-electron chi connectivity index (χ0n) is 9.58. The lowest BCUT2D eigenvalue weighted by atomic mass is 9.86. The molecule has 0 aliphatic heterocycles. The van der Waals surface area contributed by atoms with Crippen molar-refractivity contribution < 1.29 is 0 Å². The predicted molar refractivity (Wildman–Crippen MR) is 64.7 cm³/mol. The van der Waals surface area contributed by atoms with Crippen LogP contribution in [0.2, 0.25) is 0 Å². The van der Waals surface area contributed by atoms with Crippen LogP contribution >= 0.6 is 0 Å². The van der Waals surface area contributed by atoms with Crippen molar-refractivity contribution >= 4 is 0 Å². The van der Waals surface area contributed by atoms with Crippen LogP contribution in [0.1, 0.15) is 38.2 Å². The van der Waals surface area contributed by atoms with Gasteiger partial charge in [-0.05, 0) is 24.3 Å². The van der Waals surface area contributed by atoms with Crippen molar-refractivity contribution in [3.8, 4) is 0 Å². The first-order valence-electron chi connectivity index (χ1n) is 6.13. The summed E-state index contributed by atoms with van der Waals surface area (Å²) < 4.78 is 0. The third kappa shape index (κ3) is 3.07. The quantitative estimate of drug-likeness (QED) is 0.794. The van der Waals surface area contributed by atoms with Crippen LogP contribution < -0.4 is 5.32 Å². The Morgan fingerprint density at radius 3 is 2.60 bits per heavy atom. The van der Waals surface area contributed by atoms with E-state index in [1.807, 2.05) is 0 Å². The minimum Gasteiger partial charge on any atom is -0.310 e. The number of rotatable bonds is 3. The molecule has 1 aliphatic carbocycles. The van der Waals surface area contributed by atoms with Crippen LogP contribution in [0.4, 0.5) is 0 Å². The summed E-state index contributed by atoms with van der Waals surface area (Å²) in [6.45, 7) is 3.40. The van der Waals surface area contributed by atoms with E-state index in [4.69, 9.17) is 0 Å². The van der Waals surface area contributed by atoms with E-state index in [0.29, 0.717) is 0 Å². The molecule has 1 nitrogen and oxygen atoms in total. The number of benzene rings is 1. The van der Waals surface area contributed by atoms with Gasteiger partial charge in [0.25, 0.3) is 0 Å². The molecule has 1 heteroatoms. The van der Waals surface area contributed by atoms with E-state index >= 15 is 0 Å². The molecular weight excluding hydrogens is 182 g/mol. The Labute approximate surface area is 92.9 Å². The van der Waals surface area contributed by atoms with Gasteiger partial charge in [-0.25, -0.2) is 0 Å². The van der Waals surface area contributed by atoms with Crippen molar-refractivity contribution in [2.24, 2.45) is 5.92 Å². The van der Waals surface area contributed by atoms with Gasteiger partial charge in [0.1, 0.15) is 0 Å². The largest absolute Gasteiger partial charge is 0.310 e. The van der Waals surface area contributed by atoms with Gasteiger partial charge in [-0.2, -0.15) is 0 Å². The van der Waals surface area contributed by atoms with E-state index in [2.05, 4.69) is 42.6 Å². The Kier molecular flexibility index (Phi) is 3.79. The van der Waals surface area contributed by atoms with Gasteiger partial charge < -0.3 is 5.32 Å². The molecule has 0 aromatic heterocycles. The van der Waals surface area contributed by atoms with Crippen molar-refractivity contribution in [3.05, 3.63) is 35.9 Å². The van der Waals surface area contributed by atoms with Crippen LogP contribution in [-0.4, -0.2) is 6.04 Å². The molecule has 1 aliphatic rings. The molecule has 1 aromatic carbocycles. The van der Waals surface area contributed by atoms with E-state index in [1.165, 1.54) is 31.2 Å². The molecule has 0 heterocycles. The summed E-state index contributed by atoms with van der Waals surface area (Å²) in [6, 6.07) is 11.4. The highest BCUT2D eigenvalue weighted by molar-refractivity contribution is 5.14. The summed E-state index contributed by atoms with van der Waals surface area (Å²) in [7, 11) is 0. The molecule has 1 aromatic rings. The second kappa shape index (κ2) is 5.32. The fourth-order valence-electron chi connectivity index (χ4n) is 2.46. The number of hydrogen-bond donors (Lipinski definition) is 1. The summed E-state index contributed by atoms with van der Waals surface area (Å²) in [5.74, 6) is 0.850. The lowest BCUT2D eigenvalue weighted by Gasteiger charge is -2.29. The summed E-state index contributed by atoms with van der Waals surface area (Å²) in [5, 5.41) is 3.69. The third-order valence-electron chi connectivity index (χ3n) is 3.52. The van der Waals surface area contributed by atoms with Crippen LogP contribution in [0.25, 0.3) is 0 Å². The molecule has 0 saturated heterocycles. The first-order valence-corrected chi connectivity index (χ1v) is 6.13. The molecule has 1 fully saturated rings. The monoisotopic (exact) mass is 203 g/mol. The highest BCUT2D eigenvalue weighted by Crippen LogP contribution is 2.23. The van der Waals surface area contributed by atoms with Crippen LogP contribution in [0.5, 0.6) is 0 Å². The smallest absolute Gasteiger partial charge is 0.0208 e. The molecule has 2 atom stereocenters. The minimum atomic E-state index is 0.735. The highest BCUT2D eigenvalue weighted by atomic mass is 14.9. The number of nitrogens with one attached hydrogen (secondary N) is 1. The Hall–Kier alpha value is -0.820. The van der Waals surface area contributed by atoms with Crippen LogP contribution in [0.3, 0.4) is 0 Å². The van der Waals surface area contributed by atoms with Gasteiger partial charge in [0.2, 0.25) is 0 Å². The van der Waals surface area contributed by atoms with E-state index in [0.717, 1.165) is 18.5 Å². The van der Waals surface area contributed by atoms with Crippen molar-refractivity contribution in [2.45, 2.75) is 45.2 Å². The zero-order valence-corrected chi connectivity index (χ0v) is 9.58. The summed E-state index contributed by atoms with van der Waals surface area (Å²) in [4.78, 5) is 0. The summed E-state index contributed by atoms with van der Waals surface area (Å²) in [5.41, 5.74) is 1.40. The first-order chi connectivity index (χ1) is 7.36. The van der Waals surface area contributed by atoms with Gasteiger partial charge in [0.15, 0.2) is 0 Å². The average Bonchev–Trinajstić information content (AvgIpc) is 2.29. The Balaban J connectivity index is 1.82. The second-order valence-corrected chi connectivity index (χ2v) is 4.73. The minimum absolute atomic E-state index is 0.735. The van der Waals surface area contributed by atoms with Crippen LogP contribution in [0.15, 0.2) is 30.3 Å². The Morgan fingerprint density at radius 1 is 1.13 bits per heavy atom. The number of hydrogen-bond acceptors (Lipinski definition) is 1.